The number of hydrogen-bond acceptors (Lipinski definition) is 5. The van der Waals surface area contributed by atoms with Crippen LogP contribution in [0.1, 0.15) is 27.0 Å². The summed E-state index contributed by atoms with van der Waals surface area (Å²) in [6, 6.07) is 5.12. The predicted molar refractivity (Wildman–Crippen MR) is 96.0 cm³/mol. The van der Waals surface area contributed by atoms with E-state index in [9.17, 15) is 22.4 Å². The van der Waals surface area contributed by atoms with Gasteiger partial charge in [0, 0.05) is 29.8 Å². The third-order valence-electron chi connectivity index (χ3n) is 3.55. The normalized spacial score (nSPS) is 10.8. The lowest BCUT2D eigenvalue weighted by molar-refractivity contribution is -0.137. The van der Waals surface area contributed by atoms with Crippen molar-refractivity contribution in [1.82, 2.24) is 15.0 Å². The van der Waals surface area contributed by atoms with E-state index < -0.39 is 29.2 Å². The number of pyridine rings is 1. The third kappa shape index (κ3) is 5.04. The zero-order valence-electron chi connectivity index (χ0n) is 14.5. The fourth-order valence-corrected chi connectivity index (χ4v) is 2.19. The molecule has 3 rings (SSSR count). The van der Waals surface area contributed by atoms with E-state index in [0.29, 0.717) is 5.56 Å². The fraction of sp³-hybridized carbons (Fsp3) is 0.0526. The van der Waals surface area contributed by atoms with Crippen molar-refractivity contribution < 1.29 is 22.4 Å². The van der Waals surface area contributed by atoms with Crippen LogP contribution >= 0.6 is 0 Å². The first-order valence-corrected chi connectivity index (χ1v) is 7.96. The minimum absolute atomic E-state index is 0.0764. The van der Waals surface area contributed by atoms with Crippen LogP contribution < -0.4 is 11.1 Å². The number of alkyl halides is 3. The summed E-state index contributed by atoms with van der Waals surface area (Å²) in [4.78, 5) is 23.3. The molecule has 0 saturated heterocycles. The Kier molecular flexibility index (Phi) is 5.40. The number of anilines is 2. The summed E-state index contributed by atoms with van der Waals surface area (Å²) in [5.74, 6) is 3.39. The maximum absolute atomic E-state index is 14.0. The summed E-state index contributed by atoms with van der Waals surface area (Å²) in [6.45, 7) is 0. The average molecular weight is 401 g/mol. The maximum Gasteiger partial charge on any atom is 0.416 e. The fourth-order valence-electron chi connectivity index (χ4n) is 2.19. The number of rotatable bonds is 2. The Morgan fingerprint density at radius 3 is 2.34 bits per heavy atom. The molecule has 0 bridgehead atoms. The van der Waals surface area contributed by atoms with Crippen molar-refractivity contribution >= 4 is 17.5 Å². The Morgan fingerprint density at radius 2 is 1.66 bits per heavy atom. The topological polar surface area (TPSA) is 93.8 Å². The summed E-state index contributed by atoms with van der Waals surface area (Å²) in [6.07, 6.45) is -0.697. The van der Waals surface area contributed by atoms with Gasteiger partial charge in [-0.05, 0) is 24.3 Å². The second-order valence-corrected chi connectivity index (χ2v) is 5.67. The van der Waals surface area contributed by atoms with Gasteiger partial charge in [-0.1, -0.05) is 17.9 Å². The lowest BCUT2D eigenvalue weighted by Crippen LogP contribution is -2.15. The predicted octanol–water partition coefficient (Wildman–Crippen LogP) is 3.26. The van der Waals surface area contributed by atoms with E-state index in [1.807, 2.05) is 0 Å². The molecule has 2 heterocycles. The van der Waals surface area contributed by atoms with E-state index in [1.54, 1.807) is 0 Å². The van der Waals surface area contributed by atoms with Crippen LogP contribution in [0.25, 0.3) is 0 Å². The molecule has 0 saturated carbocycles. The van der Waals surface area contributed by atoms with Crippen LogP contribution in [-0.2, 0) is 6.18 Å². The molecule has 0 aliphatic rings. The van der Waals surface area contributed by atoms with Gasteiger partial charge in [-0.15, -0.1) is 0 Å². The summed E-state index contributed by atoms with van der Waals surface area (Å²) in [5, 5.41) is 2.22. The highest BCUT2D eigenvalue weighted by molar-refractivity contribution is 6.04. The van der Waals surface area contributed by atoms with Crippen molar-refractivity contribution in [2.24, 2.45) is 0 Å². The van der Waals surface area contributed by atoms with E-state index in [-0.39, 0.29) is 17.2 Å². The molecule has 146 valence electrons. The number of carbonyl (C=O) groups excluding carboxylic acids is 1. The monoisotopic (exact) mass is 401 g/mol. The zero-order valence-corrected chi connectivity index (χ0v) is 14.5. The summed E-state index contributed by atoms with van der Waals surface area (Å²) < 4.78 is 52.3. The molecule has 0 fully saturated rings. The molecule has 3 aromatic rings. The van der Waals surface area contributed by atoms with E-state index in [4.69, 9.17) is 5.73 Å². The summed E-state index contributed by atoms with van der Waals surface area (Å²) in [5.41, 5.74) is 4.45. The van der Waals surface area contributed by atoms with E-state index in [1.165, 1.54) is 18.5 Å². The number of nitrogens with one attached hydrogen (secondary N) is 1. The van der Waals surface area contributed by atoms with Gasteiger partial charge < -0.3 is 11.1 Å². The van der Waals surface area contributed by atoms with E-state index >= 15 is 0 Å². The molecule has 1 amide bonds. The number of nitrogens with zero attached hydrogens (tertiary/aromatic N) is 3. The quantitative estimate of drug-likeness (QED) is 0.391. The van der Waals surface area contributed by atoms with Crippen LogP contribution in [-0.4, -0.2) is 20.9 Å². The van der Waals surface area contributed by atoms with Gasteiger partial charge in [-0.2, -0.15) is 17.6 Å². The Labute approximate surface area is 161 Å². The van der Waals surface area contributed by atoms with Gasteiger partial charge in [0.05, 0.1) is 16.7 Å². The minimum atomic E-state index is -4.57. The Morgan fingerprint density at radius 1 is 1.00 bits per heavy atom. The van der Waals surface area contributed by atoms with E-state index in [0.717, 1.165) is 30.5 Å². The van der Waals surface area contributed by atoms with Gasteiger partial charge in [0.2, 0.25) is 11.9 Å². The van der Waals surface area contributed by atoms with Crippen molar-refractivity contribution in [3.05, 3.63) is 77.1 Å². The average Bonchev–Trinajstić information content (AvgIpc) is 2.68. The van der Waals surface area contributed by atoms with Gasteiger partial charge in [0.1, 0.15) is 0 Å². The van der Waals surface area contributed by atoms with Crippen molar-refractivity contribution in [3.8, 4) is 11.8 Å². The Hall–Kier alpha value is -4.00. The number of aromatic nitrogens is 3. The lowest BCUT2D eigenvalue weighted by Gasteiger charge is -2.10. The van der Waals surface area contributed by atoms with Gasteiger partial charge in [0.25, 0.3) is 5.91 Å². The lowest BCUT2D eigenvalue weighted by atomic mass is 10.1. The summed E-state index contributed by atoms with van der Waals surface area (Å²) in [7, 11) is 0. The standard InChI is InChI=1S/C19H11F4N5O/c20-16-15(17(29)28-14-3-1-2-13(7-14)19(21,22)23)6-11(8-25-16)4-5-12-9-26-18(24)27-10-12/h1-3,6-10H,(H,28,29)(H2,24,26,27). The van der Waals surface area contributed by atoms with Gasteiger partial charge in [-0.3, -0.25) is 4.79 Å². The van der Waals surface area contributed by atoms with Gasteiger partial charge in [-0.25, -0.2) is 15.0 Å². The number of nitrogens with two attached hydrogens (primary N) is 1. The van der Waals surface area contributed by atoms with Crippen LogP contribution in [0.4, 0.5) is 29.2 Å². The molecule has 1 aromatic carbocycles. The van der Waals surface area contributed by atoms with Crippen LogP contribution in [0, 0.1) is 17.8 Å². The molecule has 0 atom stereocenters. The smallest absolute Gasteiger partial charge is 0.368 e. The Balaban J connectivity index is 1.83. The number of nitrogen functional groups attached to an aromatic ring is 1. The molecule has 0 radical (unpaired) electrons. The Bertz CT molecular complexity index is 1120. The number of hydrogen-bond donors (Lipinski definition) is 2. The molecule has 29 heavy (non-hydrogen) atoms. The van der Waals surface area contributed by atoms with Crippen LogP contribution in [0.3, 0.4) is 0 Å². The molecular weight excluding hydrogens is 390 g/mol. The molecule has 6 nitrogen and oxygen atoms in total. The van der Waals surface area contributed by atoms with E-state index in [2.05, 4.69) is 32.1 Å². The van der Waals surface area contributed by atoms with Crippen molar-refractivity contribution in [2.45, 2.75) is 6.18 Å². The third-order valence-corrected chi connectivity index (χ3v) is 3.55. The van der Waals surface area contributed by atoms with Gasteiger partial charge in [0.15, 0.2) is 0 Å². The SMILES string of the molecule is Nc1ncc(C#Cc2cnc(F)c(C(=O)Nc3cccc(C(F)(F)F)c3)c2)cn1. The highest BCUT2D eigenvalue weighted by atomic mass is 19.4. The molecule has 0 unspecified atom stereocenters. The molecule has 3 N–H and O–H groups in total. The van der Waals surface area contributed by atoms with Gasteiger partial charge >= 0.3 is 6.18 Å². The van der Waals surface area contributed by atoms with Crippen LogP contribution in [0.5, 0.6) is 0 Å². The highest BCUT2D eigenvalue weighted by Gasteiger charge is 2.30. The first kappa shape index (κ1) is 19.8. The second-order valence-electron chi connectivity index (χ2n) is 5.67. The first-order chi connectivity index (χ1) is 13.7. The largest absolute Gasteiger partial charge is 0.416 e. The molecule has 2 aromatic heterocycles. The van der Waals surface area contributed by atoms with Crippen LogP contribution in [0.15, 0.2) is 48.9 Å². The van der Waals surface area contributed by atoms with Crippen molar-refractivity contribution in [3.63, 3.8) is 0 Å². The number of benzene rings is 1. The number of carbonyl (C=O) groups is 1. The number of halogens is 4. The number of amides is 1. The molecule has 0 aliphatic carbocycles. The molecular formula is C19H11F4N5O. The minimum Gasteiger partial charge on any atom is -0.368 e. The molecule has 0 aliphatic heterocycles. The summed E-state index contributed by atoms with van der Waals surface area (Å²) >= 11 is 0. The molecule has 0 spiro atoms. The second kappa shape index (κ2) is 7.93. The highest BCUT2D eigenvalue weighted by Crippen LogP contribution is 2.30. The molecule has 10 heteroatoms. The maximum atomic E-state index is 14.0. The zero-order chi connectivity index (χ0) is 21.0. The van der Waals surface area contributed by atoms with Crippen LogP contribution in [0.2, 0.25) is 0 Å². The first-order valence-electron chi connectivity index (χ1n) is 7.96. The van der Waals surface area contributed by atoms with Crippen molar-refractivity contribution in [1.29, 1.82) is 0 Å². The van der Waals surface area contributed by atoms with Crippen molar-refractivity contribution in [2.75, 3.05) is 11.1 Å².